The minimum absolute atomic E-state index is 0.304. The van der Waals surface area contributed by atoms with Gasteiger partial charge in [0.2, 0.25) is 5.95 Å². The first-order chi connectivity index (χ1) is 13.7. The van der Waals surface area contributed by atoms with Crippen molar-refractivity contribution in [2.24, 2.45) is 5.84 Å². The first-order valence-electron chi connectivity index (χ1n) is 8.82. The van der Waals surface area contributed by atoms with Crippen LogP contribution in [0.2, 0.25) is 0 Å². The van der Waals surface area contributed by atoms with Crippen LogP contribution >= 0.6 is 11.8 Å². The lowest BCUT2D eigenvalue weighted by molar-refractivity contribution is 0.596. The standard InChI is InChI=1S/C19H19FN6OS/c1-2-28-12-10-26(21)18-22-8-7-15(23-18)17-16(13-3-5-14(20)6-4-13)24-19-25(17)9-11-27-19/h3-9,11H,2,10,12,21H2,1H3. The van der Waals surface area contributed by atoms with Gasteiger partial charge in [0, 0.05) is 30.3 Å². The molecule has 1 aromatic carbocycles. The number of imidazole rings is 1. The van der Waals surface area contributed by atoms with Gasteiger partial charge in [-0.3, -0.25) is 9.41 Å². The topological polar surface area (TPSA) is 85.5 Å². The molecular weight excluding hydrogens is 379 g/mol. The number of anilines is 1. The van der Waals surface area contributed by atoms with Crippen molar-refractivity contribution in [3.8, 4) is 22.6 Å². The Morgan fingerprint density at radius 2 is 2.04 bits per heavy atom. The van der Waals surface area contributed by atoms with Crippen LogP contribution in [0, 0.1) is 5.82 Å². The van der Waals surface area contributed by atoms with Crippen molar-refractivity contribution in [2.75, 3.05) is 23.1 Å². The van der Waals surface area contributed by atoms with E-state index in [-0.39, 0.29) is 5.82 Å². The number of hydrogen-bond acceptors (Lipinski definition) is 7. The van der Waals surface area contributed by atoms with E-state index >= 15 is 0 Å². The van der Waals surface area contributed by atoms with Crippen LogP contribution in [0.5, 0.6) is 0 Å². The summed E-state index contributed by atoms with van der Waals surface area (Å²) >= 11 is 1.80. The molecule has 9 heteroatoms. The van der Waals surface area contributed by atoms with Crippen LogP contribution in [0.4, 0.5) is 10.3 Å². The largest absolute Gasteiger partial charge is 0.432 e. The Balaban J connectivity index is 1.76. The molecule has 3 aromatic heterocycles. The quantitative estimate of drug-likeness (QED) is 0.289. The van der Waals surface area contributed by atoms with Gasteiger partial charge in [-0.2, -0.15) is 16.7 Å². The molecule has 0 aliphatic rings. The number of hydrazine groups is 1. The molecule has 0 aliphatic heterocycles. The second-order valence-electron chi connectivity index (χ2n) is 6.00. The van der Waals surface area contributed by atoms with E-state index in [1.54, 1.807) is 53.0 Å². The van der Waals surface area contributed by atoms with Crippen molar-refractivity contribution in [3.05, 3.63) is 54.8 Å². The third-order valence-corrected chi connectivity index (χ3v) is 5.08. The molecule has 0 radical (unpaired) electrons. The number of benzene rings is 1. The molecule has 7 nitrogen and oxygen atoms in total. The first-order valence-corrected chi connectivity index (χ1v) is 9.97. The summed E-state index contributed by atoms with van der Waals surface area (Å²) in [6.45, 7) is 2.75. The van der Waals surface area contributed by atoms with Crippen LogP contribution in [-0.4, -0.2) is 37.4 Å². The number of oxazole rings is 1. The minimum atomic E-state index is -0.304. The van der Waals surface area contributed by atoms with Gasteiger partial charge in [0.1, 0.15) is 23.5 Å². The van der Waals surface area contributed by atoms with Crippen molar-refractivity contribution >= 4 is 23.6 Å². The first kappa shape index (κ1) is 18.5. The molecule has 4 rings (SSSR count). The normalized spacial score (nSPS) is 11.2. The number of fused-ring (bicyclic) bond motifs is 1. The van der Waals surface area contributed by atoms with Crippen LogP contribution in [0.1, 0.15) is 6.92 Å². The van der Waals surface area contributed by atoms with E-state index in [0.29, 0.717) is 29.7 Å². The van der Waals surface area contributed by atoms with E-state index in [1.165, 1.54) is 17.1 Å². The zero-order valence-electron chi connectivity index (χ0n) is 15.2. The summed E-state index contributed by atoms with van der Waals surface area (Å²) in [7, 11) is 0. The lowest BCUT2D eigenvalue weighted by atomic mass is 10.1. The van der Waals surface area contributed by atoms with Crippen molar-refractivity contribution < 1.29 is 8.81 Å². The fourth-order valence-electron chi connectivity index (χ4n) is 2.87. The number of hydrogen-bond donors (Lipinski definition) is 1. The van der Waals surface area contributed by atoms with Gasteiger partial charge in [0.25, 0.3) is 0 Å². The molecule has 3 heterocycles. The zero-order chi connectivity index (χ0) is 19.5. The maximum Gasteiger partial charge on any atom is 0.306 e. The summed E-state index contributed by atoms with van der Waals surface area (Å²) < 4.78 is 20.6. The van der Waals surface area contributed by atoms with Gasteiger partial charge in [0.05, 0.1) is 5.69 Å². The van der Waals surface area contributed by atoms with Crippen molar-refractivity contribution in [1.29, 1.82) is 0 Å². The van der Waals surface area contributed by atoms with E-state index in [2.05, 4.69) is 21.9 Å². The van der Waals surface area contributed by atoms with E-state index in [4.69, 9.17) is 10.3 Å². The Morgan fingerprint density at radius 1 is 1.21 bits per heavy atom. The fourth-order valence-corrected chi connectivity index (χ4v) is 3.48. The highest BCUT2D eigenvalue weighted by molar-refractivity contribution is 7.99. The number of halogens is 1. The van der Waals surface area contributed by atoms with Gasteiger partial charge in [-0.25, -0.2) is 20.2 Å². The van der Waals surface area contributed by atoms with E-state index in [0.717, 1.165) is 22.8 Å². The smallest absolute Gasteiger partial charge is 0.306 e. The van der Waals surface area contributed by atoms with Crippen molar-refractivity contribution in [1.82, 2.24) is 19.4 Å². The SMILES string of the molecule is CCSCCN(N)c1nccc(-c2c(-c3ccc(F)cc3)nc3occn23)n1. The van der Waals surface area contributed by atoms with Gasteiger partial charge in [-0.15, -0.1) is 0 Å². The second kappa shape index (κ2) is 7.99. The van der Waals surface area contributed by atoms with E-state index in [1.807, 2.05) is 0 Å². The molecule has 2 N–H and O–H groups in total. The van der Waals surface area contributed by atoms with Gasteiger partial charge in [0.15, 0.2) is 0 Å². The van der Waals surface area contributed by atoms with Crippen LogP contribution < -0.4 is 10.9 Å². The molecular formula is C19H19FN6OS. The highest BCUT2D eigenvalue weighted by Gasteiger charge is 2.20. The number of rotatable bonds is 7. The van der Waals surface area contributed by atoms with E-state index in [9.17, 15) is 4.39 Å². The second-order valence-corrected chi connectivity index (χ2v) is 7.40. The Hall–Kier alpha value is -2.91. The molecule has 0 aliphatic carbocycles. The average Bonchev–Trinajstić information content (AvgIpc) is 3.30. The zero-order valence-corrected chi connectivity index (χ0v) is 16.1. The Labute approximate surface area is 165 Å². The summed E-state index contributed by atoms with van der Waals surface area (Å²) in [6.07, 6.45) is 4.99. The van der Waals surface area contributed by atoms with Gasteiger partial charge >= 0.3 is 5.84 Å². The molecule has 0 fully saturated rings. The minimum Gasteiger partial charge on any atom is -0.432 e. The molecule has 144 valence electrons. The predicted molar refractivity (Wildman–Crippen MR) is 108 cm³/mol. The lowest BCUT2D eigenvalue weighted by Crippen LogP contribution is -2.34. The highest BCUT2D eigenvalue weighted by atomic mass is 32.2. The van der Waals surface area contributed by atoms with Crippen LogP contribution in [0.15, 0.2) is 53.4 Å². The van der Waals surface area contributed by atoms with Gasteiger partial charge < -0.3 is 4.42 Å². The summed E-state index contributed by atoms with van der Waals surface area (Å²) in [4.78, 5) is 13.5. The third-order valence-electron chi connectivity index (χ3n) is 4.20. The molecule has 0 amide bonds. The maximum absolute atomic E-state index is 13.4. The van der Waals surface area contributed by atoms with E-state index < -0.39 is 0 Å². The lowest BCUT2D eigenvalue weighted by Gasteiger charge is -2.16. The summed E-state index contributed by atoms with van der Waals surface area (Å²) in [5, 5.41) is 1.54. The average molecular weight is 398 g/mol. The van der Waals surface area contributed by atoms with Crippen LogP contribution in [0.25, 0.3) is 28.5 Å². The monoisotopic (exact) mass is 398 g/mol. The highest BCUT2D eigenvalue weighted by Crippen LogP contribution is 2.32. The number of nitrogens with two attached hydrogens (primary N) is 1. The molecule has 4 aromatic rings. The Bertz CT molecular complexity index is 1080. The number of nitrogens with zero attached hydrogens (tertiary/aromatic N) is 5. The number of aromatic nitrogens is 4. The molecule has 0 saturated carbocycles. The summed E-state index contributed by atoms with van der Waals surface area (Å²) in [6, 6.07) is 7.96. The van der Waals surface area contributed by atoms with Crippen molar-refractivity contribution in [3.63, 3.8) is 0 Å². The third kappa shape index (κ3) is 3.58. The Morgan fingerprint density at radius 3 is 2.82 bits per heavy atom. The Kier molecular flexibility index (Phi) is 5.27. The fraction of sp³-hybridized carbons (Fsp3) is 0.211. The molecule has 0 unspecified atom stereocenters. The maximum atomic E-state index is 13.4. The molecule has 0 spiro atoms. The summed E-state index contributed by atoms with van der Waals surface area (Å²) in [5.41, 5.74) is 2.79. The van der Waals surface area contributed by atoms with Gasteiger partial charge in [-0.1, -0.05) is 6.92 Å². The van der Waals surface area contributed by atoms with Crippen LogP contribution in [0.3, 0.4) is 0 Å². The molecule has 0 saturated heterocycles. The molecule has 28 heavy (non-hydrogen) atoms. The number of thioether (sulfide) groups is 1. The van der Waals surface area contributed by atoms with Crippen LogP contribution in [-0.2, 0) is 0 Å². The molecule has 0 atom stereocenters. The van der Waals surface area contributed by atoms with Crippen molar-refractivity contribution in [2.45, 2.75) is 6.92 Å². The molecule has 0 bridgehead atoms. The predicted octanol–water partition coefficient (Wildman–Crippen LogP) is 3.62. The van der Waals surface area contributed by atoms with Gasteiger partial charge in [-0.05, 0) is 36.1 Å². The summed E-state index contributed by atoms with van der Waals surface area (Å²) in [5.74, 6) is 8.60.